The summed E-state index contributed by atoms with van der Waals surface area (Å²) in [5.41, 5.74) is 0. The van der Waals surface area contributed by atoms with Gasteiger partial charge in [0.15, 0.2) is 0 Å². The van der Waals surface area contributed by atoms with Crippen LogP contribution in [0.15, 0.2) is 0 Å². The minimum atomic E-state index is 0.834. The van der Waals surface area contributed by atoms with Crippen molar-refractivity contribution in [2.75, 3.05) is 24.6 Å². The molecule has 0 spiro atoms. The molecule has 0 amide bonds. The molecule has 0 saturated carbocycles. The largest absolute Gasteiger partial charge is 0.305 e. The van der Waals surface area contributed by atoms with E-state index in [0.717, 1.165) is 13.1 Å². The quantitative estimate of drug-likeness (QED) is 0.477. The number of hydrogen-bond acceptors (Lipinski definition) is 2. The molecule has 10 heavy (non-hydrogen) atoms. The Hall–Kier alpha value is -0.130. The van der Waals surface area contributed by atoms with Crippen molar-refractivity contribution in [3.63, 3.8) is 0 Å². The van der Waals surface area contributed by atoms with E-state index >= 15 is 0 Å². The summed E-state index contributed by atoms with van der Waals surface area (Å²) in [5, 5.41) is 3.23. The number of rotatable bonds is 5. The molecule has 0 fully saturated rings. The fourth-order valence-electron chi connectivity index (χ4n) is 0.528. The van der Waals surface area contributed by atoms with Gasteiger partial charge >= 0.3 is 0 Å². The third-order valence-electron chi connectivity index (χ3n) is 1.02. The second kappa shape index (κ2) is 8.87. The first-order valence-corrected chi connectivity index (χ1v) is 4.75. The van der Waals surface area contributed by atoms with Gasteiger partial charge in [-0.2, -0.15) is 11.8 Å². The lowest BCUT2D eigenvalue weighted by Gasteiger charge is -1.97. The zero-order valence-corrected chi connectivity index (χ0v) is 7.55. The number of nitrogens with one attached hydrogen (secondary N) is 1. The third kappa shape index (κ3) is 7.87. The van der Waals surface area contributed by atoms with E-state index in [1.807, 2.05) is 18.7 Å². The Morgan fingerprint density at radius 1 is 1.50 bits per heavy atom. The lowest BCUT2D eigenvalue weighted by molar-refractivity contribution is 0.818. The summed E-state index contributed by atoms with van der Waals surface area (Å²) in [7, 11) is 0. The molecule has 0 unspecified atom stereocenters. The van der Waals surface area contributed by atoms with Crippen molar-refractivity contribution < 1.29 is 0 Å². The van der Waals surface area contributed by atoms with Crippen LogP contribution in [-0.2, 0) is 0 Å². The molecule has 0 aromatic carbocycles. The van der Waals surface area contributed by atoms with Crippen molar-refractivity contribution in [2.24, 2.45) is 0 Å². The van der Waals surface area contributed by atoms with E-state index in [2.05, 4.69) is 24.1 Å². The highest BCUT2D eigenvalue weighted by Crippen LogP contribution is 1.94. The Kier molecular flexibility index (Phi) is 8.75. The lowest BCUT2D eigenvalue weighted by Crippen LogP contribution is -2.17. The fraction of sp³-hybridized carbons (Fsp3) is 0.750. The van der Waals surface area contributed by atoms with Crippen molar-refractivity contribution in [1.29, 1.82) is 0 Å². The smallest absolute Gasteiger partial charge is 0.0576 e. The van der Waals surface area contributed by atoms with Crippen LogP contribution in [0, 0.1) is 11.8 Å². The molecule has 0 radical (unpaired) electrons. The van der Waals surface area contributed by atoms with Crippen LogP contribution in [0.1, 0.15) is 13.8 Å². The minimum absolute atomic E-state index is 0.834. The van der Waals surface area contributed by atoms with Crippen LogP contribution in [0.5, 0.6) is 0 Å². The van der Waals surface area contributed by atoms with Crippen LogP contribution in [-0.4, -0.2) is 24.6 Å². The Morgan fingerprint density at radius 3 is 2.90 bits per heavy atom. The molecule has 0 bridgehead atoms. The van der Waals surface area contributed by atoms with Crippen molar-refractivity contribution >= 4 is 11.8 Å². The summed E-state index contributed by atoms with van der Waals surface area (Å²) in [6, 6.07) is 0. The molecule has 0 aliphatic carbocycles. The zero-order valence-electron chi connectivity index (χ0n) is 6.74. The molecule has 58 valence electrons. The SMILES string of the molecule is CC#CCNCCSCC. The van der Waals surface area contributed by atoms with Gasteiger partial charge in [0.2, 0.25) is 0 Å². The molecular weight excluding hydrogens is 142 g/mol. The fourth-order valence-corrected chi connectivity index (χ4v) is 1.11. The standard InChI is InChI=1S/C8H15NS/c1-3-5-6-9-7-8-10-4-2/h9H,4,6-8H2,1-2H3. The summed E-state index contributed by atoms with van der Waals surface area (Å²) in [4.78, 5) is 0. The van der Waals surface area contributed by atoms with E-state index in [1.54, 1.807) is 0 Å². The predicted molar refractivity (Wildman–Crippen MR) is 49.3 cm³/mol. The molecule has 0 aromatic rings. The second-order valence-corrected chi connectivity index (χ2v) is 3.19. The summed E-state index contributed by atoms with van der Waals surface area (Å²) in [5.74, 6) is 8.20. The first kappa shape index (κ1) is 9.87. The third-order valence-corrected chi connectivity index (χ3v) is 1.92. The summed E-state index contributed by atoms with van der Waals surface area (Å²) < 4.78 is 0. The van der Waals surface area contributed by atoms with Gasteiger partial charge in [-0.25, -0.2) is 0 Å². The van der Waals surface area contributed by atoms with Crippen molar-refractivity contribution in [2.45, 2.75) is 13.8 Å². The van der Waals surface area contributed by atoms with Crippen LogP contribution in [0.4, 0.5) is 0 Å². The summed E-state index contributed by atoms with van der Waals surface area (Å²) >= 11 is 1.96. The van der Waals surface area contributed by atoms with Crippen LogP contribution in [0.3, 0.4) is 0 Å². The molecule has 0 aliphatic rings. The number of thioether (sulfide) groups is 1. The van der Waals surface area contributed by atoms with Crippen LogP contribution in [0.2, 0.25) is 0 Å². The highest BCUT2D eigenvalue weighted by molar-refractivity contribution is 7.99. The van der Waals surface area contributed by atoms with Gasteiger partial charge in [0.1, 0.15) is 0 Å². The molecule has 0 heterocycles. The average molecular weight is 157 g/mol. The molecule has 1 N–H and O–H groups in total. The maximum atomic E-state index is 3.23. The Labute approximate surface area is 68.0 Å². The van der Waals surface area contributed by atoms with Gasteiger partial charge in [0.25, 0.3) is 0 Å². The Bertz CT molecular complexity index is 112. The average Bonchev–Trinajstić information content (AvgIpc) is 1.97. The predicted octanol–water partition coefficient (Wildman–Crippen LogP) is 1.35. The van der Waals surface area contributed by atoms with E-state index in [1.165, 1.54) is 11.5 Å². The molecule has 0 aliphatic heterocycles. The zero-order chi connectivity index (χ0) is 7.66. The first-order valence-electron chi connectivity index (χ1n) is 3.60. The highest BCUT2D eigenvalue weighted by atomic mass is 32.2. The van der Waals surface area contributed by atoms with Gasteiger partial charge in [0, 0.05) is 12.3 Å². The van der Waals surface area contributed by atoms with Gasteiger partial charge < -0.3 is 5.32 Å². The molecule has 0 aromatic heterocycles. The summed E-state index contributed by atoms with van der Waals surface area (Å²) in [6.45, 7) is 5.95. The highest BCUT2D eigenvalue weighted by Gasteiger charge is 1.82. The van der Waals surface area contributed by atoms with E-state index in [0.29, 0.717) is 0 Å². The van der Waals surface area contributed by atoms with Crippen molar-refractivity contribution in [1.82, 2.24) is 5.32 Å². The first-order chi connectivity index (χ1) is 4.91. The molecule has 0 saturated heterocycles. The molecular formula is C8H15NS. The van der Waals surface area contributed by atoms with Gasteiger partial charge in [-0.05, 0) is 12.7 Å². The van der Waals surface area contributed by atoms with Crippen molar-refractivity contribution in [3.8, 4) is 11.8 Å². The summed E-state index contributed by atoms with van der Waals surface area (Å²) in [6.07, 6.45) is 0. The molecule has 0 rings (SSSR count). The maximum absolute atomic E-state index is 3.23. The lowest BCUT2D eigenvalue weighted by atomic mass is 10.6. The van der Waals surface area contributed by atoms with E-state index in [9.17, 15) is 0 Å². The topological polar surface area (TPSA) is 12.0 Å². The monoisotopic (exact) mass is 157 g/mol. The van der Waals surface area contributed by atoms with Crippen LogP contribution < -0.4 is 5.32 Å². The van der Waals surface area contributed by atoms with Gasteiger partial charge in [0.05, 0.1) is 6.54 Å². The van der Waals surface area contributed by atoms with Gasteiger partial charge in [-0.3, -0.25) is 0 Å². The second-order valence-electron chi connectivity index (χ2n) is 1.80. The van der Waals surface area contributed by atoms with E-state index < -0.39 is 0 Å². The molecule has 1 nitrogen and oxygen atoms in total. The minimum Gasteiger partial charge on any atom is -0.305 e. The maximum Gasteiger partial charge on any atom is 0.0576 e. The van der Waals surface area contributed by atoms with Gasteiger partial charge in [-0.15, -0.1) is 5.92 Å². The van der Waals surface area contributed by atoms with E-state index in [4.69, 9.17) is 0 Å². The van der Waals surface area contributed by atoms with Crippen LogP contribution >= 0.6 is 11.8 Å². The Morgan fingerprint density at radius 2 is 2.30 bits per heavy atom. The molecule has 0 atom stereocenters. The normalized spacial score (nSPS) is 8.60. The van der Waals surface area contributed by atoms with Crippen molar-refractivity contribution in [3.05, 3.63) is 0 Å². The Balaban J connectivity index is 2.82. The van der Waals surface area contributed by atoms with E-state index in [-0.39, 0.29) is 0 Å². The van der Waals surface area contributed by atoms with Gasteiger partial charge in [-0.1, -0.05) is 12.8 Å². The molecule has 2 heteroatoms. The van der Waals surface area contributed by atoms with Crippen LogP contribution in [0.25, 0.3) is 0 Å². The number of hydrogen-bond donors (Lipinski definition) is 1.